The summed E-state index contributed by atoms with van der Waals surface area (Å²) in [5, 5.41) is 9.24. The SMILES string of the molecule is CS(=O)(=O)CCOc1cccc(O)c1N. The largest absolute Gasteiger partial charge is 0.506 e. The second-order valence-electron chi connectivity index (χ2n) is 3.17. The first-order valence-corrected chi connectivity index (χ1v) is 6.34. The van der Waals surface area contributed by atoms with Crippen LogP contribution in [0.4, 0.5) is 5.69 Å². The topological polar surface area (TPSA) is 89.6 Å². The van der Waals surface area contributed by atoms with Crippen LogP contribution in [0, 0.1) is 0 Å². The summed E-state index contributed by atoms with van der Waals surface area (Å²) in [5.41, 5.74) is 5.62. The van der Waals surface area contributed by atoms with Crippen LogP contribution >= 0.6 is 0 Å². The van der Waals surface area contributed by atoms with Crippen molar-refractivity contribution >= 4 is 15.5 Å². The fourth-order valence-corrected chi connectivity index (χ4v) is 1.35. The maximum atomic E-state index is 10.8. The van der Waals surface area contributed by atoms with Gasteiger partial charge in [0.15, 0.2) is 9.84 Å². The minimum absolute atomic E-state index is 0.0203. The van der Waals surface area contributed by atoms with Crippen LogP contribution in [-0.4, -0.2) is 32.1 Å². The third-order valence-corrected chi connectivity index (χ3v) is 2.66. The Kier molecular flexibility index (Phi) is 3.41. The number of nitrogen functional groups attached to an aromatic ring is 1. The Morgan fingerprint density at radius 3 is 2.73 bits per heavy atom. The molecule has 1 aromatic rings. The molecule has 0 saturated carbocycles. The number of phenols is 1. The highest BCUT2D eigenvalue weighted by molar-refractivity contribution is 7.90. The Labute approximate surface area is 88.4 Å². The van der Waals surface area contributed by atoms with E-state index in [1.54, 1.807) is 12.1 Å². The first kappa shape index (κ1) is 11.6. The summed E-state index contributed by atoms with van der Waals surface area (Å²) in [4.78, 5) is 0. The summed E-state index contributed by atoms with van der Waals surface area (Å²) in [7, 11) is -3.05. The molecule has 1 rings (SSSR count). The summed E-state index contributed by atoms with van der Waals surface area (Å²) in [6.45, 7) is 0.0203. The van der Waals surface area contributed by atoms with E-state index in [2.05, 4.69) is 0 Å². The Morgan fingerprint density at radius 1 is 1.47 bits per heavy atom. The van der Waals surface area contributed by atoms with Crippen molar-refractivity contribution < 1.29 is 18.3 Å². The Bertz CT molecular complexity index is 441. The summed E-state index contributed by atoms with van der Waals surface area (Å²) in [5.74, 6) is 0.132. The molecule has 0 aliphatic carbocycles. The highest BCUT2D eigenvalue weighted by Gasteiger charge is 2.06. The molecule has 0 spiro atoms. The van der Waals surface area contributed by atoms with Crippen LogP contribution in [0.25, 0.3) is 0 Å². The molecule has 0 heterocycles. The first-order chi connectivity index (χ1) is 6.90. The van der Waals surface area contributed by atoms with Crippen LogP contribution in [-0.2, 0) is 9.84 Å². The zero-order valence-electron chi connectivity index (χ0n) is 8.30. The first-order valence-electron chi connectivity index (χ1n) is 4.28. The summed E-state index contributed by atoms with van der Waals surface area (Å²) in [6.07, 6.45) is 1.13. The molecule has 0 bridgehead atoms. The van der Waals surface area contributed by atoms with Gasteiger partial charge in [-0.1, -0.05) is 6.07 Å². The number of para-hydroxylation sites is 1. The van der Waals surface area contributed by atoms with Crippen molar-refractivity contribution in [2.24, 2.45) is 0 Å². The molecule has 5 nitrogen and oxygen atoms in total. The minimum Gasteiger partial charge on any atom is -0.506 e. The predicted octanol–water partition coefficient (Wildman–Crippen LogP) is 0.398. The molecule has 0 radical (unpaired) electrons. The quantitative estimate of drug-likeness (QED) is 0.578. The van der Waals surface area contributed by atoms with Crippen molar-refractivity contribution in [3.63, 3.8) is 0 Å². The molecule has 0 unspecified atom stereocenters. The maximum absolute atomic E-state index is 10.8. The number of phenolic OH excluding ortho intramolecular Hbond substituents is 1. The number of benzene rings is 1. The molecule has 6 heteroatoms. The van der Waals surface area contributed by atoms with Gasteiger partial charge in [-0.2, -0.15) is 0 Å². The van der Waals surface area contributed by atoms with Gasteiger partial charge in [-0.15, -0.1) is 0 Å². The molecule has 15 heavy (non-hydrogen) atoms. The molecular weight excluding hydrogens is 218 g/mol. The van der Waals surface area contributed by atoms with Crippen molar-refractivity contribution in [3.8, 4) is 11.5 Å². The second kappa shape index (κ2) is 4.39. The molecule has 1 aromatic carbocycles. The maximum Gasteiger partial charge on any atom is 0.150 e. The van der Waals surface area contributed by atoms with E-state index in [0.29, 0.717) is 5.75 Å². The number of hydrogen-bond donors (Lipinski definition) is 2. The van der Waals surface area contributed by atoms with Gasteiger partial charge in [-0.3, -0.25) is 0 Å². The monoisotopic (exact) mass is 231 g/mol. The van der Waals surface area contributed by atoms with E-state index in [1.807, 2.05) is 0 Å². The number of aromatic hydroxyl groups is 1. The molecule has 0 saturated heterocycles. The summed E-state index contributed by atoms with van der Waals surface area (Å²) >= 11 is 0. The zero-order chi connectivity index (χ0) is 11.5. The van der Waals surface area contributed by atoms with Crippen molar-refractivity contribution in [2.75, 3.05) is 24.3 Å². The number of ether oxygens (including phenoxy) is 1. The Morgan fingerprint density at radius 2 is 2.13 bits per heavy atom. The lowest BCUT2D eigenvalue weighted by atomic mass is 10.3. The fourth-order valence-electron chi connectivity index (χ4n) is 0.961. The minimum atomic E-state index is -3.05. The van der Waals surface area contributed by atoms with Gasteiger partial charge in [0.25, 0.3) is 0 Å². The van der Waals surface area contributed by atoms with E-state index in [9.17, 15) is 13.5 Å². The normalized spacial score (nSPS) is 11.3. The highest BCUT2D eigenvalue weighted by Crippen LogP contribution is 2.29. The van der Waals surface area contributed by atoms with Crippen LogP contribution in [0.15, 0.2) is 18.2 Å². The lowest BCUT2D eigenvalue weighted by Crippen LogP contribution is -2.12. The number of anilines is 1. The van der Waals surface area contributed by atoms with Crippen molar-refractivity contribution in [2.45, 2.75) is 0 Å². The van der Waals surface area contributed by atoms with Crippen LogP contribution in [0.3, 0.4) is 0 Å². The Hall–Kier alpha value is -1.43. The average molecular weight is 231 g/mol. The molecule has 0 aromatic heterocycles. The average Bonchev–Trinajstić information content (AvgIpc) is 2.10. The number of rotatable bonds is 4. The van der Waals surface area contributed by atoms with E-state index in [0.717, 1.165) is 6.26 Å². The van der Waals surface area contributed by atoms with E-state index < -0.39 is 9.84 Å². The standard InChI is InChI=1S/C9H13NO4S/c1-15(12,13)6-5-14-8-4-2-3-7(11)9(8)10/h2-4,11H,5-6,10H2,1H3. The molecule has 3 N–H and O–H groups in total. The van der Waals surface area contributed by atoms with Gasteiger partial charge in [-0.05, 0) is 12.1 Å². The fraction of sp³-hybridized carbons (Fsp3) is 0.333. The van der Waals surface area contributed by atoms with Gasteiger partial charge >= 0.3 is 0 Å². The van der Waals surface area contributed by atoms with Gasteiger partial charge in [0, 0.05) is 6.26 Å². The van der Waals surface area contributed by atoms with E-state index in [1.165, 1.54) is 6.07 Å². The van der Waals surface area contributed by atoms with Crippen LogP contribution in [0.1, 0.15) is 0 Å². The molecule has 84 valence electrons. The predicted molar refractivity (Wildman–Crippen MR) is 57.7 cm³/mol. The van der Waals surface area contributed by atoms with Crippen molar-refractivity contribution in [3.05, 3.63) is 18.2 Å². The van der Waals surface area contributed by atoms with Gasteiger partial charge in [0.2, 0.25) is 0 Å². The summed E-state index contributed by atoms with van der Waals surface area (Å²) < 4.78 is 26.8. The molecule has 0 aliphatic rings. The number of sulfone groups is 1. The zero-order valence-corrected chi connectivity index (χ0v) is 9.12. The lowest BCUT2D eigenvalue weighted by molar-refractivity contribution is 0.341. The van der Waals surface area contributed by atoms with Gasteiger partial charge < -0.3 is 15.6 Å². The highest BCUT2D eigenvalue weighted by atomic mass is 32.2. The second-order valence-corrected chi connectivity index (χ2v) is 5.43. The van der Waals surface area contributed by atoms with E-state index in [-0.39, 0.29) is 23.8 Å². The number of nitrogens with two attached hydrogens (primary N) is 1. The van der Waals surface area contributed by atoms with Crippen LogP contribution < -0.4 is 10.5 Å². The third kappa shape index (κ3) is 3.67. The lowest BCUT2D eigenvalue weighted by Gasteiger charge is -2.08. The molecule has 0 amide bonds. The third-order valence-electron chi connectivity index (χ3n) is 1.75. The molecule has 0 aliphatic heterocycles. The molecule has 0 atom stereocenters. The van der Waals surface area contributed by atoms with Crippen molar-refractivity contribution in [1.82, 2.24) is 0 Å². The van der Waals surface area contributed by atoms with Crippen LogP contribution in [0.5, 0.6) is 11.5 Å². The Balaban J connectivity index is 2.62. The number of hydrogen-bond acceptors (Lipinski definition) is 5. The molecule has 0 fully saturated rings. The molecular formula is C9H13NO4S. The van der Waals surface area contributed by atoms with Crippen LogP contribution in [0.2, 0.25) is 0 Å². The summed E-state index contributed by atoms with van der Waals surface area (Å²) in [6, 6.07) is 4.57. The van der Waals surface area contributed by atoms with Gasteiger partial charge in [0.05, 0.1) is 5.75 Å². The van der Waals surface area contributed by atoms with E-state index >= 15 is 0 Å². The van der Waals surface area contributed by atoms with E-state index in [4.69, 9.17) is 10.5 Å². The van der Waals surface area contributed by atoms with Gasteiger partial charge in [-0.25, -0.2) is 8.42 Å². The van der Waals surface area contributed by atoms with Crippen molar-refractivity contribution in [1.29, 1.82) is 0 Å². The van der Waals surface area contributed by atoms with Gasteiger partial charge in [0.1, 0.15) is 23.8 Å². The smallest absolute Gasteiger partial charge is 0.150 e.